The number of nitro benzene ring substituents is 1. The van der Waals surface area contributed by atoms with Gasteiger partial charge in [-0.3, -0.25) is 10.1 Å². The maximum atomic E-state index is 10.8. The lowest BCUT2D eigenvalue weighted by molar-refractivity contribution is -0.384. The van der Waals surface area contributed by atoms with E-state index >= 15 is 0 Å². The second kappa shape index (κ2) is 5.49. The normalized spacial score (nSPS) is 12.5. The van der Waals surface area contributed by atoms with E-state index in [4.69, 9.17) is 0 Å². The molecule has 4 heteroatoms. The molecule has 1 aromatic rings. The molecule has 0 saturated carbocycles. The minimum atomic E-state index is -0.359. The van der Waals surface area contributed by atoms with E-state index in [1.807, 2.05) is 0 Å². The quantitative estimate of drug-likeness (QED) is 0.614. The average molecular weight is 222 g/mol. The third-order valence-corrected chi connectivity index (χ3v) is 2.85. The van der Waals surface area contributed by atoms with Crippen molar-refractivity contribution >= 4 is 11.4 Å². The van der Waals surface area contributed by atoms with E-state index in [-0.39, 0.29) is 10.6 Å². The Hall–Kier alpha value is -1.58. The first-order chi connectivity index (χ1) is 7.52. The van der Waals surface area contributed by atoms with Crippen LogP contribution in [0.4, 0.5) is 11.4 Å². The van der Waals surface area contributed by atoms with Crippen molar-refractivity contribution in [2.75, 3.05) is 11.9 Å². The van der Waals surface area contributed by atoms with Gasteiger partial charge in [-0.05, 0) is 17.9 Å². The highest BCUT2D eigenvalue weighted by Gasteiger charge is 2.13. The predicted octanol–water partition coefficient (Wildman–Crippen LogP) is 3.30. The van der Waals surface area contributed by atoms with E-state index in [9.17, 15) is 10.1 Å². The van der Waals surface area contributed by atoms with Gasteiger partial charge in [-0.2, -0.15) is 0 Å². The van der Waals surface area contributed by atoms with E-state index in [0.29, 0.717) is 17.5 Å². The van der Waals surface area contributed by atoms with Crippen LogP contribution in [0.3, 0.4) is 0 Å². The number of hydrogen-bond donors (Lipinski definition) is 1. The van der Waals surface area contributed by atoms with Gasteiger partial charge < -0.3 is 5.32 Å². The molecular weight excluding hydrogens is 204 g/mol. The Morgan fingerprint density at radius 2 is 1.94 bits per heavy atom. The molecule has 1 aromatic carbocycles. The first-order valence-corrected chi connectivity index (χ1v) is 5.49. The van der Waals surface area contributed by atoms with Crippen LogP contribution in [0.25, 0.3) is 0 Å². The van der Waals surface area contributed by atoms with Crippen molar-refractivity contribution in [3.05, 3.63) is 34.4 Å². The fourth-order valence-electron chi connectivity index (χ4n) is 1.29. The van der Waals surface area contributed by atoms with Crippen LogP contribution < -0.4 is 5.32 Å². The van der Waals surface area contributed by atoms with Crippen molar-refractivity contribution in [1.29, 1.82) is 0 Å². The first kappa shape index (κ1) is 12.5. The Balaban J connectivity index is 2.70. The SMILES string of the molecule is CC(C)C(C)CNc1ccccc1[N+](=O)[O-]. The summed E-state index contributed by atoms with van der Waals surface area (Å²) in [5.41, 5.74) is 0.735. The number of benzene rings is 1. The van der Waals surface area contributed by atoms with Crippen molar-refractivity contribution in [1.82, 2.24) is 0 Å². The molecule has 1 unspecified atom stereocenters. The second-order valence-corrected chi connectivity index (χ2v) is 4.38. The zero-order chi connectivity index (χ0) is 12.1. The van der Waals surface area contributed by atoms with Crippen LogP contribution in [0.1, 0.15) is 20.8 Å². The molecule has 88 valence electrons. The van der Waals surface area contributed by atoms with Crippen molar-refractivity contribution in [3.8, 4) is 0 Å². The number of nitrogens with zero attached hydrogens (tertiary/aromatic N) is 1. The van der Waals surface area contributed by atoms with Crippen LogP contribution >= 0.6 is 0 Å². The highest BCUT2D eigenvalue weighted by Crippen LogP contribution is 2.23. The van der Waals surface area contributed by atoms with Crippen molar-refractivity contribution in [2.24, 2.45) is 11.8 Å². The van der Waals surface area contributed by atoms with E-state index in [2.05, 4.69) is 26.1 Å². The minimum absolute atomic E-state index is 0.137. The fourth-order valence-corrected chi connectivity index (χ4v) is 1.29. The second-order valence-electron chi connectivity index (χ2n) is 4.38. The Kier molecular flexibility index (Phi) is 4.28. The largest absolute Gasteiger partial charge is 0.379 e. The molecule has 1 rings (SSSR count). The number of rotatable bonds is 5. The molecule has 0 spiro atoms. The van der Waals surface area contributed by atoms with Crippen LogP contribution in [0, 0.1) is 22.0 Å². The van der Waals surface area contributed by atoms with Gasteiger partial charge in [0.15, 0.2) is 0 Å². The smallest absolute Gasteiger partial charge is 0.292 e. The molecule has 0 heterocycles. The Morgan fingerprint density at radius 1 is 1.31 bits per heavy atom. The van der Waals surface area contributed by atoms with Gasteiger partial charge in [-0.1, -0.05) is 32.9 Å². The lowest BCUT2D eigenvalue weighted by Gasteiger charge is -2.16. The molecule has 0 aliphatic rings. The van der Waals surface area contributed by atoms with Gasteiger partial charge >= 0.3 is 0 Å². The maximum Gasteiger partial charge on any atom is 0.292 e. The van der Waals surface area contributed by atoms with Gasteiger partial charge in [0.05, 0.1) is 4.92 Å². The molecule has 0 aliphatic heterocycles. The highest BCUT2D eigenvalue weighted by molar-refractivity contribution is 5.61. The molecule has 0 bridgehead atoms. The summed E-state index contributed by atoms with van der Waals surface area (Å²) >= 11 is 0. The van der Waals surface area contributed by atoms with E-state index in [0.717, 1.165) is 6.54 Å². The summed E-state index contributed by atoms with van der Waals surface area (Å²) in [5.74, 6) is 1.05. The molecular formula is C12H18N2O2. The number of hydrogen-bond acceptors (Lipinski definition) is 3. The van der Waals surface area contributed by atoms with E-state index in [1.54, 1.807) is 18.2 Å². The molecule has 1 N–H and O–H groups in total. The monoisotopic (exact) mass is 222 g/mol. The van der Waals surface area contributed by atoms with Gasteiger partial charge in [0.25, 0.3) is 5.69 Å². The first-order valence-electron chi connectivity index (χ1n) is 5.49. The zero-order valence-corrected chi connectivity index (χ0v) is 9.93. The number of para-hydroxylation sites is 2. The van der Waals surface area contributed by atoms with Crippen LogP contribution in [0.2, 0.25) is 0 Å². The maximum absolute atomic E-state index is 10.8. The number of nitro groups is 1. The minimum Gasteiger partial charge on any atom is -0.379 e. The Morgan fingerprint density at radius 3 is 2.50 bits per heavy atom. The molecule has 16 heavy (non-hydrogen) atoms. The molecule has 0 aromatic heterocycles. The van der Waals surface area contributed by atoms with Crippen molar-refractivity contribution in [3.63, 3.8) is 0 Å². The summed E-state index contributed by atoms with van der Waals surface area (Å²) in [5, 5.41) is 13.9. The summed E-state index contributed by atoms with van der Waals surface area (Å²) in [6.07, 6.45) is 0. The molecule has 0 saturated heterocycles. The zero-order valence-electron chi connectivity index (χ0n) is 9.93. The van der Waals surface area contributed by atoms with Crippen molar-refractivity contribution < 1.29 is 4.92 Å². The molecule has 0 amide bonds. The lowest BCUT2D eigenvalue weighted by Crippen LogP contribution is -2.16. The summed E-state index contributed by atoms with van der Waals surface area (Å²) < 4.78 is 0. The van der Waals surface area contributed by atoms with Gasteiger partial charge in [0.2, 0.25) is 0 Å². The van der Waals surface area contributed by atoms with E-state index in [1.165, 1.54) is 6.07 Å². The molecule has 1 atom stereocenters. The van der Waals surface area contributed by atoms with Crippen LogP contribution in [0.5, 0.6) is 0 Å². The van der Waals surface area contributed by atoms with Gasteiger partial charge in [0.1, 0.15) is 5.69 Å². The van der Waals surface area contributed by atoms with Crippen LogP contribution in [-0.4, -0.2) is 11.5 Å². The van der Waals surface area contributed by atoms with Gasteiger partial charge in [0, 0.05) is 12.6 Å². The van der Waals surface area contributed by atoms with Gasteiger partial charge in [-0.15, -0.1) is 0 Å². The van der Waals surface area contributed by atoms with Gasteiger partial charge in [-0.25, -0.2) is 0 Å². The Labute approximate surface area is 95.8 Å². The molecule has 0 radical (unpaired) electrons. The van der Waals surface area contributed by atoms with E-state index < -0.39 is 0 Å². The summed E-state index contributed by atoms with van der Waals surface area (Å²) in [4.78, 5) is 10.4. The average Bonchev–Trinajstić information content (AvgIpc) is 2.25. The highest BCUT2D eigenvalue weighted by atomic mass is 16.6. The topological polar surface area (TPSA) is 55.2 Å². The van der Waals surface area contributed by atoms with Crippen LogP contribution in [0.15, 0.2) is 24.3 Å². The fraction of sp³-hybridized carbons (Fsp3) is 0.500. The van der Waals surface area contributed by atoms with Crippen LogP contribution in [-0.2, 0) is 0 Å². The molecule has 0 aliphatic carbocycles. The Bertz CT molecular complexity index is 364. The molecule has 4 nitrogen and oxygen atoms in total. The molecule has 0 fully saturated rings. The third kappa shape index (κ3) is 3.22. The number of anilines is 1. The van der Waals surface area contributed by atoms with Crippen molar-refractivity contribution in [2.45, 2.75) is 20.8 Å². The number of nitrogens with one attached hydrogen (secondary N) is 1. The lowest BCUT2D eigenvalue weighted by atomic mass is 9.98. The summed E-state index contributed by atoms with van der Waals surface area (Å²) in [7, 11) is 0. The summed E-state index contributed by atoms with van der Waals surface area (Å²) in [6, 6.07) is 6.73. The standard InChI is InChI=1S/C12H18N2O2/c1-9(2)10(3)8-13-11-6-4-5-7-12(11)14(15)16/h4-7,9-10,13H,8H2,1-3H3. The third-order valence-electron chi connectivity index (χ3n) is 2.85. The predicted molar refractivity (Wildman–Crippen MR) is 65.6 cm³/mol. The summed E-state index contributed by atoms with van der Waals surface area (Å²) in [6.45, 7) is 7.17.